The number of aliphatic hydroxyl groups is 1. The van der Waals surface area contributed by atoms with Crippen molar-refractivity contribution < 1.29 is 15.0 Å². The Bertz CT molecular complexity index is 208. The predicted molar refractivity (Wildman–Crippen MR) is 53.1 cm³/mol. The van der Waals surface area contributed by atoms with Crippen LogP contribution in [0.25, 0.3) is 0 Å². The lowest BCUT2D eigenvalue weighted by atomic mass is 10.0. The number of hydrogen-bond acceptors (Lipinski definition) is 3. The summed E-state index contributed by atoms with van der Waals surface area (Å²) in [5, 5.41) is 18.0. The number of carbonyl (C=O) groups is 1. The van der Waals surface area contributed by atoms with Gasteiger partial charge in [0, 0.05) is 12.1 Å². The number of carboxylic acids is 1. The van der Waals surface area contributed by atoms with Gasteiger partial charge in [0.15, 0.2) is 0 Å². The maximum atomic E-state index is 10.8. The molecular weight excluding hydrogens is 182 g/mol. The first-order valence-corrected chi connectivity index (χ1v) is 5.17. The maximum Gasteiger partial charge on any atom is 0.307 e. The molecule has 0 aromatic carbocycles. The standard InChI is InChI=1S/C10H19NO3/c1-7(10(13)14)8(2)11-5-3-4-9(11)6-12/h7-9,12H,3-6H2,1-2H3,(H,13,14). The normalized spacial score (nSPS) is 27.5. The summed E-state index contributed by atoms with van der Waals surface area (Å²) in [6, 6.07) is 0.166. The second-order valence-corrected chi connectivity index (χ2v) is 4.08. The first kappa shape index (κ1) is 11.5. The Morgan fingerprint density at radius 2 is 2.21 bits per heavy atom. The summed E-state index contributed by atoms with van der Waals surface area (Å²) in [4.78, 5) is 12.9. The molecular formula is C10H19NO3. The van der Waals surface area contributed by atoms with Crippen molar-refractivity contribution in [2.75, 3.05) is 13.2 Å². The third-order valence-electron chi connectivity index (χ3n) is 3.27. The highest BCUT2D eigenvalue weighted by Crippen LogP contribution is 2.23. The Morgan fingerprint density at radius 3 is 2.71 bits per heavy atom. The molecule has 1 saturated heterocycles. The van der Waals surface area contributed by atoms with E-state index in [4.69, 9.17) is 10.2 Å². The van der Waals surface area contributed by atoms with Crippen molar-refractivity contribution in [1.82, 2.24) is 4.90 Å². The summed E-state index contributed by atoms with van der Waals surface area (Å²) in [5.41, 5.74) is 0. The number of nitrogens with zero attached hydrogens (tertiary/aromatic N) is 1. The summed E-state index contributed by atoms with van der Waals surface area (Å²) in [7, 11) is 0. The highest BCUT2D eigenvalue weighted by Gasteiger charge is 2.32. The van der Waals surface area contributed by atoms with Crippen molar-refractivity contribution in [3.8, 4) is 0 Å². The van der Waals surface area contributed by atoms with Gasteiger partial charge in [-0.2, -0.15) is 0 Å². The topological polar surface area (TPSA) is 60.8 Å². The van der Waals surface area contributed by atoms with E-state index in [1.54, 1.807) is 6.92 Å². The van der Waals surface area contributed by atoms with E-state index in [0.29, 0.717) is 0 Å². The van der Waals surface area contributed by atoms with Crippen LogP contribution >= 0.6 is 0 Å². The van der Waals surface area contributed by atoms with Crippen molar-refractivity contribution in [1.29, 1.82) is 0 Å². The zero-order valence-electron chi connectivity index (χ0n) is 8.81. The molecule has 1 aliphatic heterocycles. The zero-order chi connectivity index (χ0) is 10.7. The Labute approximate surface area is 84.5 Å². The first-order chi connectivity index (χ1) is 6.57. The second kappa shape index (κ2) is 4.75. The molecule has 82 valence electrons. The van der Waals surface area contributed by atoms with Crippen LogP contribution in [0.15, 0.2) is 0 Å². The predicted octanol–water partition coefficient (Wildman–Crippen LogP) is 0.552. The minimum absolute atomic E-state index is 0.00662. The smallest absolute Gasteiger partial charge is 0.307 e. The number of carboxylic acid groups (broad SMARTS) is 1. The van der Waals surface area contributed by atoms with E-state index >= 15 is 0 Å². The van der Waals surface area contributed by atoms with Crippen LogP contribution in [0.2, 0.25) is 0 Å². The van der Waals surface area contributed by atoms with Gasteiger partial charge in [0.1, 0.15) is 0 Å². The number of aliphatic hydroxyl groups excluding tert-OH is 1. The van der Waals surface area contributed by atoms with E-state index in [-0.39, 0.29) is 24.6 Å². The number of rotatable bonds is 4. The zero-order valence-corrected chi connectivity index (χ0v) is 8.81. The van der Waals surface area contributed by atoms with Crippen molar-refractivity contribution >= 4 is 5.97 Å². The van der Waals surface area contributed by atoms with Crippen molar-refractivity contribution in [2.24, 2.45) is 5.92 Å². The molecule has 0 radical (unpaired) electrons. The van der Waals surface area contributed by atoms with E-state index in [0.717, 1.165) is 19.4 Å². The van der Waals surface area contributed by atoms with E-state index < -0.39 is 5.97 Å². The molecule has 3 unspecified atom stereocenters. The van der Waals surface area contributed by atoms with E-state index in [9.17, 15) is 4.79 Å². The molecule has 1 aliphatic rings. The molecule has 1 heterocycles. The Balaban J connectivity index is 2.58. The molecule has 0 aliphatic carbocycles. The molecule has 0 aromatic heterocycles. The summed E-state index contributed by atoms with van der Waals surface area (Å²) in [6.45, 7) is 4.69. The summed E-state index contributed by atoms with van der Waals surface area (Å²) in [6.07, 6.45) is 2.04. The molecule has 1 rings (SSSR count). The Kier molecular flexibility index (Phi) is 3.89. The number of hydrogen-bond donors (Lipinski definition) is 2. The lowest BCUT2D eigenvalue weighted by Gasteiger charge is -2.31. The van der Waals surface area contributed by atoms with Gasteiger partial charge in [0.25, 0.3) is 0 Å². The molecule has 1 fully saturated rings. The van der Waals surface area contributed by atoms with Gasteiger partial charge < -0.3 is 10.2 Å². The largest absolute Gasteiger partial charge is 0.481 e. The van der Waals surface area contributed by atoms with Crippen LogP contribution in [-0.2, 0) is 4.79 Å². The van der Waals surface area contributed by atoms with Crippen LogP contribution in [0.1, 0.15) is 26.7 Å². The Morgan fingerprint density at radius 1 is 1.57 bits per heavy atom. The van der Waals surface area contributed by atoms with Gasteiger partial charge in [-0.25, -0.2) is 0 Å². The molecule has 2 N–H and O–H groups in total. The molecule has 0 saturated carbocycles. The quantitative estimate of drug-likeness (QED) is 0.697. The molecule has 4 heteroatoms. The van der Waals surface area contributed by atoms with Crippen LogP contribution in [-0.4, -0.2) is 46.3 Å². The summed E-state index contributed by atoms with van der Waals surface area (Å²) in [5.74, 6) is -1.14. The minimum Gasteiger partial charge on any atom is -0.481 e. The van der Waals surface area contributed by atoms with Crippen LogP contribution in [0, 0.1) is 5.92 Å². The molecule has 14 heavy (non-hydrogen) atoms. The van der Waals surface area contributed by atoms with Crippen LogP contribution < -0.4 is 0 Å². The van der Waals surface area contributed by atoms with Gasteiger partial charge in [-0.05, 0) is 26.3 Å². The van der Waals surface area contributed by atoms with Gasteiger partial charge in [0.2, 0.25) is 0 Å². The molecule has 0 spiro atoms. The van der Waals surface area contributed by atoms with Gasteiger partial charge in [-0.3, -0.25) is 9.69 Å². The lowest BCUT2D eigenvalue weighted by Crippen LogP contribution is -2.44. The monoisotopic (exact) mass is 201 g/mol. The third-order valence-corrected chi connectivity index (χ3v) is 3.27. The van der Waals surface area contributed by atoms with Gasteiger partial charge in [-0.1, -0.05) is 6.92 Å². The highest BCUT2D eigenvalue weighted by atomic mass is 16.4. The van der Waals surface area contributed by atoms with Gasteiger partial charge in [0.05, 0.1) is 12.5 Å². The van der Waals surface area contributed by atoms with E-state index in [1.165, 1.54) is 0 Å². The van der Waals surface area contributed by atoms with Gasteiger partial charge in [-0.15, -0.1) is 0 Å². The first-order valence-electron chi connectivity index (χ1n) is 5.17. The van der Waals surface area contributed by atoms with Crippen molar-refractivity contribution in [3.05, 3.63) is 0 Å². The molecule has 4 nitrogen and oxygen atoms in total. The SMILES string of the molecule is CC(C(=O)O)C(C)N1CCCC1CO. The highest BCUT2D eigenvalue weighted by molar-refractivity contribution is 5.70. The number of aliphatic carboxylic acids is 1. The van der Waals surface area contributed by atoms with Crippen molar-refractivity contribution in [2.45, 2.75) is 38.8 Å². The molecule has 0 bridgehead atoms. The minimum atomic E-state index is -0.763. The molecule has 0 aromatic rings. The molecule has 0 amide bonds. The summed E-state index contributed by atoms with van der Waals surface area (Å²) < 4.78 is 0. The Hall–Kier alpha value is -0.610. The lowest BCUT2D eigenvalue weighted by molar-refractivity contribution is -0.143. The van der Waals surface area contributed by atoms with Gasteiger partial charge >= 0.3 is 5.97 Å². The summed E-state index contributed by atoms with van der Waals surface area (Å²) >= 11 is 0. The average Bonchev–Trinajstić information content (AvgIpc) is 2.62. The van der Waals surface area contributed by atoms with Crippen molar-refractivity contribution in [3.63, 3.8) is 0 Å². The van der Waals surface area contributed by atoms with Crippen LogP contribution in [0.3, 0.4) is 0 Å². The second-order valence-electron chi connectivity index (χ2n) is 4.08. The van der Waals surface area contributed by atoms with Crippen LogP contribution in [0.5, 0.6) is 0 Å². The average molecular weight is 201 g/mol. The fourth-order valence-electron chi connectivity index (χ4n) is 2.08. The molecule has 3 atom stereocenters. The third kappa shape index (κ3) is 2.25. The fraction of sp³-hybridized carbons (Fsp3) is 0.900. The fourth-order valence-corrected chi connectivity index (χ4v) is 2.08. The maximum absolute atomic E-state index is 10.8. The number of likely N-dealkylation sites (tertiary alicyclic amines) is 1. The van der Waals surface area contributed by atoms with E-state index in [2.05, 4.69) is 4.90 Å². The van der Waals surface area contributed by atoms with Crippen LogP contribution in [0.4, 0.5) is 0 Å². The van der Waals surface area contributed by atoms with E-state index in [1.807, 2.05) is 6.92 Å².